The van der Waals surface area contributed by atoms with Crippen LogP contribution in [0.1, 0.15) is 35.2 Å². The second kappa shape index (κ2) is 6.19. The monoisotopic (exact) mass is 322 g/mol. The fourth-order valence-corrected chi connectivity index (χ4v) is 2.32. The number of carbonyl (C=O) groups is 2. The molecule has 0 fully saturated rings. The molecule has 2 aromatic rings. The number of hydrogen-bond acceptors (Lipinski definition) is 4. The second-order valence-corrected chi connectivity index (χ2v) is 5.23. The van der Waals surface area contributed by atoms with Gasteiger partial charge in [-0.15, -0.1) is 0 Å². The van der Waals surface area contributed by atoms with E-state index in [1.165, 1.54) is 0 Å². The Bertz CT molecular complexity index is 696. The van der Waals surface area contributed by atoms with Crippen molar-refractivity contribution in [3.63, 3.8) is 0 Å². The van der Waals surface area contributed by atoms with Crippen molar-refractivity contribution >= 4 is 23.5 Å². The summed E-state index contributed by atoms with van der Waals surface area (Å²) in [6.45, 7) is 3.28. The zero-order chi connectivity index (χ0) is 16.3. The van der Waals surface area contributed by atoms with E-state index in [1.54, 1.807) is 38.1 Å². The predicted molar refractivity (Wildman–Crippen MR) is 79.8 cm³/mol. The number of carboxylic acid groups (broad SMARTS) is 1. The molecule has 0 aliphatic carbocycles. The molecule has 0 saturated heterocycles. The van der Waals surface area contributed by atoms with E-state index in [4.69, 9.17) is 16.0 Å². The molecule has 2 N–H and O–H groups in total. The van der Waals surface area contributed by atoms with Crippen molar-refractivity contribution in [3.05, 3.63) is 52.7 Å². The second-order valence-electron chi connectivity index (χ2n) is 4.79. The molecule has 1 atom stereocenters. The van der Waals surface area contributed by atoms with E-state index in [-0.39, 0.29) is 12.2 Å². The zero-order valence-corrected chi connectivity index (χ0v) is 12.8. The highest BCUT2D eigenvalue weighted by molar-refractivity contribution is 6.30. The van der Waals surface area contributed by atoms with Crippen molar-refractivity contribution in [2.45, 2.75) is 25.8 Å². The van der Waals surface area contributed by atoms with Crippen LogP contribution < -0.4 is 5.32 Å². The molecule has 1 amide bonds. The van der Waals surface area contributed by atoms with Gasteiger partial charge in [0.25, 0.3) is 5.91 Å². The Hall–Kier alpha value is -2.34. The molecule has 0 bridgehead atoms. The van der Waals surface area contributed by atoms with Crippen LogP contribution in [0.4, 0.5) is 0 Å². The normalized spacial score (nSPS) is 13.4. The van der Waals surface area contributed by atoms with Gasteiger partial charge in [-0.3, -0.25) is 4.79 Å². The van der Waals surface area contributed by atoms with E-state index >= 15 is 0 Å². The third kappa shape index (κ3) is 2.82. The van der Waals surface area contributed by atoms with E-state index in [2.05, 4.69) is 10.3 Å². The van der Waals surface area contributed by atoms with Crippen LogP contribution >= 0.6 is 11.6 Å². The molecule has 0 saturated carbocycles. The number of benzene rings is 1. The quantitative estimate of drug-likeness (QED) is 0.883. The molecule has 1 aromatic heterocycles. The maximum atomic E-state index is 12.3. The summed E-state index contributed by atoms with van der Waals surface area (Å²) in [6, 6.07) is 6.31. The van der Waals surface area contributed by atoms with Crippen LogP contribution in [0, 0.1) is 6.92 Å². The Morgan fingerprint density at radius 2 is 2.00 bits per heavy atom. The van der Waals surface area contributed by atoms with Gasteiger partial charge in [-0.2, -0.15) is 0 Å². The molecule has 2 rings (SSSR count). The van der Waals surface area contributed by atoms with E-state index < -0.39 is 17.4 Å². The van der Waals surface area contributed by atoms with Gasteiger partial charge in [0.15, 0.2) is 11.9 Å². The van der Waals surface area contributed by atoms with Crippen molar-refractivity contribution in [3.8, 4) is 0 Å². The number of aliphatic carboxylic acids is 1. The molecule has 1 aromatic carbocycles. The number of hydrogen-bond donors (Lipinski definition) is 2. The first kappa shape index (κ1) is 16.0. The molecule has 7 heteroatoms. The van der Waals surface area contributed by atoms with Crippen LogP contribution in [0.3, 0.4) is 0 Å². The van der Waals surface area contributed by atoms with Gasteiger partial charge >= 0.3 is 5.97 Å². The summed E-state index contributed by atoms with van der Waals surface area (Å²) >= 11 is 5.83. The first-order valence-electron chi connectivity index (χ1n) is 6.62. The van der Waals surface area contributed by atoms with Crippen molar-refractivity contribution < 1.29 is 19.1 Å². The van der Waals surface area contributed by atoms with E-state index in [9.17, 15) is 14.7 Å². The average Bonchev–Trinajstić information content (AvgIpc) is 2.91. The maximum Gasteiger partial charge on any atom is 0.334 e. The number of carboxylic acids is 1. The number of amides is 1. The summed E-state index contributed by atoms with van der Waals surface area (Å²) < 4.78 is 5.01. The summed E-state index contributed by atoms with van der Waals surface area (Å²) in [4.78, 5) is 28.0. The number of aromatic nitrogens is 1. The minimum atomic E-state index is -1.57. The largest absolute Gasteiger partial charge is 0.479 e. The van der Waals surface area contributed by atoms with Crippen LogP contribution in [0.25, 0.3) is 0 Å². The Morgan fingerprint density at radius 3 is 2.45 bits per heavy atom. The maximum absolute atomic E-state index is 12.3. The highest BCUT2D eigenvalue weighted by atomic mass is 35.5. The molecule has 1 unspecified atom stereocenters. The lowest BCUT2D eigenvalue weighted by molar-refractivity contribution is -0.145. The van der Waals surface area contributed by atoms with Crippen molar-refractivity contribution in [2.75, 3.05) is 0 Å². The number of halogens is 1. The van der Waals surface area contributed by atoms with Crippen molar-refractivity contribution in [1.82, 2.24) is 10.3 Å². The van der Waals surface area contributed by atoms with E-state index in [1.807, 2.05) is 0 Å². The van der Waals surface area contributed by atoms with Crippen LogP contribution in [0.2, 0.25) is 5.02 Å². The van der Waals surface area contributed by atoms with Gasteiger partial charge in [-0.25, -0.2) is 9.78 Å². The molecule has 0 radical (unpaired) electrons. The average molecular weight is 323 g/mol. The third-order valence-electron chi connectivity index (χ3n) is 3.51. The standard InChI is InChI=1S/C15H15ClN2O4/c1-3-15(14(20)21,10-4-6-11(16)7-5-10)18-13(19)12-9(2)17-8-22-12/h4-8H,3H2,1-2H3,(H,18,19)(H,20,21). The first-order chi connectivity index (χ1) is 10.4. The third-order valence-corrected chi connectivity index (χ3v) is 3.76. The van der Waals surface area contributed by atoms with Gasteiger partial charge in [-0.1, -0.05) is 30.7 Å². The lowest BCUT2D eigenvalue weighted by Gasteiger charge is -2.29. The fourth-order valence-electron chi connectivity index (χ4n) is 2.20. The SMILES string of the molecule is CCC(NC(=O)c1ocnc1C)(C(=O)O)c1ccc(Cl)cc1. The van der Waals surface area contributed by atoms with Gasteiger partial charge in [-0.05, 0) is 31.0 Å². The van der Waals surface area contributed by atoms with Crippen LogP contribution in [-0.4, -0.2) is 22.0 Å². The number of oxazole rings is 1. The molecule has 0 aliphatic heterocycles. The number of nitrogens with zero attached hydrogens (tertiary/aromatic N) is 1. The molecule has 0 spiro atoms. The summed E-state index contributed by atoms with van der Waals surface area (Å²) in [5.41, 5.74) is -0.748. The van der Waals surface area contributed by atoms with Crippen LogP contribution in [0.15, 0.2) is 35.1 Å². The van der Waals surface area contributed by atoms with Crippen molar-refractivity contribution in [1.29, 1.82) is 0 Å². The summed E-state index contributed by atoms with van der Waals surface area (Å²) in [7, 11) is 0. The number of nitrogens with one attached hydrogen (secondary N) is 1. The van der Waals surface area contributed by atoms with Crippen LogP contribution in [0.5, 0.6) is 0 Å². The van der Waals surface area contributed by atoms with E-state index in [0.717, 1.165) is 6.39 Å². The summed E-state index contributed by atoms with van der Waals surface area (Å²) in [6.07, 6.45) is 1.30. The van der Waals surface area contributed by atoms with Crippen LogP contribution in [-0.2, 0) is 10.3 Å². The van der Waals surface area contributed by atoms with Crippen molar-refractivity contribution in [2.24, 2.45) is 0 Å². The first-order valence-corrected chi connectivity index (χ1v) is 7.00. The Morgan fingerprint density at radius 1 is 1.36 bits per heavy atom. The highest BCUT2D eigenvalue weighted by Gasteiger charge is 2.41. The topological polar surface area (TPSA) is 92.4 Å². The lowest BCUT2D eigenvalue weighted by Crippen LogP contribution is -2.51. The molecular formula is C15H15ClN2O4. The number of rotatable bonds is 5. The molecule has 22 heavy (non-hydrogen) atoms. The molecule has 6 nitrogen and oxygen atoms in total. The molecular weight excluding hydrogens is 308 g/mol. The Labute approximate surface area is 132 Å². The van der Waals surface area contributed by atoms with Gasteiger partial charge in [0, 0.05) is 5.02 Å². The minimum Gasteiger partial charge on any atom is -0.479 e. The molecule has 1 heterocycles. The highest BCUT2D eigenvalue weighted by Crippen LogP contribution is 2.27. The Kier molecular flexibility index (Phi) is 4.51. The Balaban J connectivity index is 2.42. The van der Waals surface area contributed by atoms with Gasteiger partial charge in [0.05, 0.1) is 5.69 Å². The zero-order valence-electron chi connectivity index (χ0n) is 12.1. The lowest BCUT2D eigenvalue weighted by atomic mass is 9.87. The van der Waals surface area contributed by atoms with Gasteiger partial charge < -0.3 is 14.8 Å². The smallest absolute Gasteiger partial charge is 0.334 e. The summed E-state index contributed by atoms with van der Waals surface area (Å²) in [5.74, 6) is -1.80. The predicted octanol–water partition coefficient (Wildman–Crippen LogP) is 2.76. The van der Waals surface area contributed by atoms with E-state index in [0.29, 0.717) is 16.3 Å². The van der Waals surface area contributed by atoms with Gasteiger partial charge in [0.1, 0.15) is 0 Å². The molecule has 116 valence electrons. The minimum absolute atomic E-state index is 0.00645. The molecule has 0 aliphatic rings. The summed E-state index contributed by atoms with van der Waals surface area (Å²) in [5, 5.41) is 12.7. The van der Waals surface area contributed by atoms with Gasteiger partial charge in [0.2, 0.25) is 5.76 Å². The number of carbonyl (C=O) groups excluding carboxylic acids is 1. The fraction of sp³-hybridized carbons (Fsp3) is 0.267. The number of aryl methyl sites for hydroxylation is 1.